The second-order valence-corrected chi connectivity index (χ2v) is 44.4. The number of hydrogen-bond donors (Lipinski definition) is 0. The second-order valence-electron chi connectivity index (χ2n) is 18.9. The van der Waals surface area contributed by atoms with Crippen molar-refractivity contribution < 1.29 is 0 Å². The molecule has 0 N–H and O–H groups in total. The summed E-state index contributed by atoms with van der Waals surface area (Å²) in [5.74, 6) is 0. The number of rotatable bonds is 6. The van der Waals surface area contributed by atoms with Crippen molar-refractivity contribution in [2.75, 3.05) is 0 Å². The molecule has 6 aromatic rings. The van der Waals surface area contributed by atoms with Gasteiger partial charge in [0, 0.05) is 0 Å². The average molecular weight is 799 g/mol. The lowest BCUT2D eigenvalue weighted by atomic mass is 10.1. The molecule has 0 bridgehead atoms. The highest BCUT2D eigenvalue weighted by atomic mass is 30.2. The summed E-state index contributed by atoms with van der Waals surface area (Å²) >= 11 is 0. The van der Waals surface area contributed by atoms with Crippen LogP contribution in [-0.2, 0) is 0 Å². The summed E-state index contributed by atoms with van der Waals surface area (Å²) < 4.78 is 0. The van der Waals surface area contributed by atoms with Gasteiger partial charge in [-0.05, 0) is 125 Å². The molecule has 0 aliphatic carbocycles. The highest BCUT2D eigenvalue weighted by Gasteiger charge is 2.96. The zero-order valence-corrected chi connectivity index (χ0v) is 41.4. The molecule has 1 aliphatic rings. The Hall–Kier alpha value is -4.03. The van der Waals surface area contributed by atoms with E-state index in [0.29, 0.717) is 0 Å². The van der Waals surface area contributed by atoms with Gasteiger partial charge in [-0.3, -0.25) is 0 Å². The van der Waals surface area contributed by atoms with E-state index in [2.05, 4.69) is 197 Å². The largest absolute Gasteiger partial charge is 0.122 e. The Morgan fingerprint density at radius 1 is 0.175 bits per heavy atom. The van der Waals surface area contributed by atoms with Gasteiger partial charge in [-0.15, -0.1) is 0 Å². The van der Waals surface area contributed by atoms with E-state index in [9.17, 15) is 0 Å². The lowest BCUT2D eigenvalue weighted by Crippen LogP contribution is -2.69. The fraction of sp³-hybridized carbons (Fsp3) is 0.333. The van der Waals surface area contributed by atoms with E-state index in [1.54, 1.807) is 31.1 Å². The lowest BCUT2D eigenvalue weighted by molar-refractivity contribution is 1.33. The standard InChI is InChI=1S/C54H66Si3/c1-31-19-37(7)49(38(8)20-31)55(50-39(9)21-32(2)22-40(50)10)56(51-41(11)23-33(3)24-42(51)12,52-43(13)25-34(4)26-44(52)14)57(55,53-45(15)27-35(5)28-46(53)16)54-47(17)29-36(6)30-48(54)18/h19-30H,1-18H3. The molecule has 294 valence electrons. The lowest BCUT2D eigenvalue weighted by Gasteiger charge is -2.34. The van der Waals surface area contributed by atoms with Crippen molar-refractivity contribution in [2.24, 2.45) is 0 Å². The summed E-state index contributed by atoms with van der Waals surface area (Å²) in [5, 5.41) is 10.4. The number of aryl methyl sites for hydroxylation is 18. The molecule has 0 radical (unpaired) electrons. The van der Waals surface area contributed by atoms with E-state index in [-0.39, 0.29) is 0 Å². The van der Waals surface area contributed by atoms with Crippen LogP contribution in [0.5, 0.6) is 0 Å². The maximum atomic E-state index is 2.56. The van der Waals surface area contributed by atoms with Crippen LogP contribution in [-0.4, -0.2) is 21.3 Å². The molecule has 0 nitrogen and oxygen atoms in total. The fourth-order valence-corrected chi connectivity index (χ4v) is 93.0. The minimum atomic E-state index is -3.00. The van der Waals surface area contributed by atoms with Crippen molar-refractivity contribution in [3.8, 4) is 0 Å². The van der Waals surface area contributed by atoms with Crippen molar-refractivity contribution in [3.05, 3.63) is 173 Å². The molecular weight excluding hydrogens is 733 g/mol. The molecule has 0 spiro atoms. The van der Waals surface area contributed by atoms with Crippen LogP contribution < -0.4 is 31.1 Å². The van der Waals surface area contributed by atoms with E-state index in [0.717, 1.165) is 0 Å². The normalized spacial score (nSPS) is 15.3. The summed E-state index contributed by atoms with van der Waals surface area (Å²) in [6.07, 6.45) is 0. The minimum Gasteiger partial charge on any atom is -0.0565 e. The van der Waals surface area contributed by atoms with E-state index in [4.69, 9.17) is 0 Å². The number of hydrogen-bond acceptors (Lipinski definition) is 0. The first kappa shape index (κ1) is 41.1. The molecule has 0 aromatic heterocycles. The first-order valence-corrected chi connectivity index (χ1v) is 30.2. The van der Waals surface area contributed by atoms with E-state index < -0.39 is 21.3 Å². The highest BCUT2D eigenvalue weighted by Crippen LogP contribution is 2.54. The summed E-state index contributed by atoms with van der Waals surface area (Å²) in [6, 6.07) is 30.7. The van der Waals surface area contributed by atoms with Gasteiger partial charge in [0.1, 0.15) is 21.3 Å². The molecule has 1 aliphatic heterocycles. The second kappa shape index (κ2) is 14.1. The maximum Gasteiger partial charge on any atom is 0.122 e. The number of benzene rings is 6. The SMILES string of the molecule is Cc1cc(C)c([Si]2(c3c(C)cc(C)cc3C)[Si](c3c(C)cc(C)cc3C)(c3c(C)cc(C)cc3C)[Si]2(c2c(C)cc(C)cc2C)c2c(C)cc(C)cc2C)c(C)c1. The predicted molar refractivity (Wildman–Crippen MR) is 259 cm³/mol. The van der Waals surface area contributed by atoms with Gasteiger partial charge >= 0.3 is 0 Å². The molecular formula is C54H66Si3. The van der Waals surface area contributed by atoms with Crippen molar-refractivity contribution in [3.63, 3.8) is 0 Å². The smallest absolute Gasteiger partial charge is 0.0565 e. The summed E-state index contributed by atoms with van der Waals surface area (Å²) in [7, 11) is -8.99. The van der Waals surface area contributed by atoms with Gasteiger partial charge in [0.05, 0.1) is 0 Å². The van der Waals surface area contributed by atoms with Crippen molar-refractivity contribution in [1.29, 1.82) is 0 Å². The van der Waals surface area contributed by atoms with Crippen LogP contribution in [0.3, 0.4) is 0 Å². The van der Waals surface area contributed by atoms with Crippen LogP contribution in [0.4, 0.5) is 0 Å². The van der Waals surface area contributed by atoms with Gasteiger partial charge in [-0.2, -0.15) is 0 Å². The molecule has 6 aromatic carbocycles. The van der Waals surface area contributed by atoms with Crippen LogP contribution in [0.25, 0.3) is 0 Å². The molecule has 1 saturated heterocycles. The maximum absolute atomic E-state index is 3.00. The van der Waals surface area contributed by atoms with Crippen molar-refractivity contribution in [2.45, 2.75) is 125 Å². The first-order chi connectivity index (χ1) is 26.7. The molecule has 57 heavy (non-hydrogen) atoms. The molecule has 0 amide bonds. The van der Waals surface area contributed by atoms with Gasteiger partial charge in [-0.25, -0.2) is 0 Å². The van der Waals surface area contributed by atoms with Gasteiger partial charge in [0.15, 0.2) is 0 Å². The molecule has 3 heteroatoms. The third kappa shape index (κ3) is 5.55. The zero-order valence-electron chi connectivity index (χ0n) is 38.4. The van der Waals surface area contributed by atoms with Crippen LogP contribution in [0.2, 0.25) is 0 Å². The Labute approximate surface area is 348 Å². The molecule has 7 rings (SSSR count). The van der Waals surface area contributed by atoms with Gasteiger partial charge in [0.2, 0.25) is 0 Å². The quantitative estimate of drug-likeness (QED) is 0.147. The first-order valence-electron chi connectivity index (χ1n) is 21.2. The Morgan fingerprint density at radius 3 is 0.351 bits per heavy atom. The molecule has 1 heterocycles. The zero-order chi connectivity index (χ0) is 41.8. The van der Waals surface area contributed by atoms with Crippen molar-refractivity contribution in [1.82, 2.24) is 0 Å². The summed E-state index contributed by atoms with van der Waals surface area (Å²) in [6.45, 7) is 43.8. The van der Waals surface area contributed by atoms with E-state index in [1.165, 1.54) is 100 Å². The predicted octanol–water partition coefficient (Wildman–Crippen LogP) is 9.58. The highest BCUT2D eigenvalue weighted by molar-refractivity contribution is 8.27. The molecule has 0 atom stereocenters. The average Bonchev–Trinajstić information content (AvgIpc) is 3.53. The van der Waals surface area contributed by atoms with E-state index in [1.807, 2.05) is 0 Å². The van der Waals surface area contributed by atoms with Crippen LogP contribution >= 0.6 is 0 Å². The third-order valence-electron chi connectivity index (χ3n) is 13.9. The Balaban J connectivity index is 2.04. The Morgan fingerprint density at radius 2 is 0.263 bits per heavy atom. The topological polar surface area (TPSA) is 0 Å². The van der Waals surface area contributed by atoms with Gasteiger partial charge in [-0.1, -0.05) is 204 Å². The van der Waals surface area contributed by atoms with Gasteiger partial charge in [0.25, 0.3) is 0 Å². The summed E-state index contributed by atoms with van der Waals surface area (Å²) in [5.41, 5.74) is 26.2. The Kier molecular flexibility index (Phi) is 10.2. The molecule has 1 fully saturated rings. The van der Waals surface area contributed by atoms with Crippen LogP contribution in [0.1, 0.15) is 100 Å². The van der Waals surface area contributed by atoms with Crippen LogP contribution in [0.15, 0.2) is 72.8 Å². The van der Waals surface area contributed by atoms with E-state index >= 15 is 0 Å². The third-order valence-corrected chi connectivity index (χ3v) is 60.9. The van der Waals surface area contributed by atoms with Crippen molar-refractivity contribution >= 4 is 52.4 Å². The minimum absolute atomic E-state index is 1.37. The molecule has 0 saturated carbocycles. The Bertz CT molecular complexity index is 2050. The van der Waals surface area contributed by atoms with Gasteiger partial charge < -0.3 is 0 Å². The molecule has 0 unspecified atom stereocenters. The summed E-state index contributed by atoms with van der Waals surface area (Å²) in [4.78, 5) is 0. The van der Waals surface area contributed by atoms with Crippen LogP contribution in [0, 0.1) is 125 Å². The monoisotopic (exact) mass is 798 g/mol. The fourth-order valence-electron chi connectivity index (χ4n) is 13.8.